The number of nitrogens with one attached hydrogen (secondary N) is 1. The summed E-state index contributed by atoms with van der Waals surface area (Å²) in [4.78, 5) is 28.3. The summed E-state index contributed by atoms with van der Waals surface area (Å²) >= 11 is 0. The molecular formula is C23H27N7O. The second kappa shape index (κ2) is 9.07. The average Bonchev–Trinajstić information content (AvgIpc) is 3.16. The van der Waals surface area contributed by atoms with E-state index >= 15 is 0 Å². The molecule has 0 bridgehead atoms. The van der Waals surface area contributed by atoms with Gasteiger partial charge in [0.1, 0.15) is 17.5 Å². The summed E-state index contributed by atoms with van der Waals surface area (Å²) < 4.78 is 1.74. The molecule has 1 N–H and O–H groups in total. The summed E-state index contributed by atoms with van der Waals surface area (Å²) in [6, 6.07) is 9.69. The molecule has 0 spiro atoms. The van der Waals surface area contributed by atoms with Crippen molar-refractivity contribution in [2.75, 3.05) is 18.4 Å². The van der Waals surface area contributed by atoms with Crippen molar-refractivity contribution in [1.82, 2.24) is 29.6 Å². The average molecular weight is 418 g/mol. The van der Waals surface area contributed by atoms with Crippen molar-refractivity contribution in [1.29, 1.82) is 0 Å². The van der Waals surface area contributed by atoms with Gasteiger partial charge in [-0.25, -0.2) is 15.0 Å². The van der Waals surface area contributed by atoms with Crippen molar-refractivity contribution in [3.8, 4) is 0 Å². The van der Waals surface area contributed by atoms with Gasteiger partial charge in [0.25, 0.3) is 0 Å². The predicted molar refractivity (Wildman–Crippen MR) is 120 cm³/mol. The fraction of sp³-hybridized carbons (Fsp3) is 0.348. The number of aryl methyl sites for hydroxylation is 3. The number of carbonyl (C=O) groups is 1. The van der Waals surface area contributed by atoms with Gasteiger partial charge in [-0.05, 0) is 51.0 Å². The van der Waals surface area contributed by atoms with Crippen LogP contribution in [-0.2, 0) is 11.8 Å². The molecule has 3 aromatic rings. The molecule has 1 unspecified atom stereocenters. The van der Waals surface area contributed by atoms with Crippen LogP contribution in [0.5, 0.6) is 0 Å². The van der Waals surface area contributed by atoms with Gasteiger partial charge >= 0.3 is 0 Å². The van der Waals surface area contributed by atoms with E-state index in [1.807, 2.05) is 62.2 Å². The lowest BCUT2D eigenvalue weighted by molar-refractivity contribution is -0.127. The molecule has 1 fully saturated rings. The lowest BCUT2D eigenvalue weighted by Gasteiger charge is -2.32. The Kier molecular flexibility index (Phi) is 6.06. The highest BCUT2D eigenvalue weighted by atomic mass is 16.2. The molecule has 1 saturated heterocycles. The molecule has 4 rings (SSSR count). The van der Waals surface area contributed by atoms with Crippen LogP contribution in [0.3, 0.4) is 0 Å². The van der Waals surface area contributed by atoms with Crippen molar-refractivity contribution in [3.05, 3.63) is 65.5 Å². The molecule has 31 heavy (non-hydrogen) atoms. The van der Waals surface area contributed by atoms with Crippen LogP contribution in [0.15, 0.2) is 42.6 Å². The van der Waals surface area contributed by atoms with Crippen LogP contribution in [-0.4, -0.2) is 48.6 Å². The summed E-state index contributed by atoms with van der Waals surface area (Å²) in [7, 11) is 1.86. The smallest absolute Gasteiger partial charge is 0.246 e. The minimum Gasteiger partial charge on any atom is -0.338 e. The lowest BCUT2D eigenvalue weighted by atomic mass is 9.94. The first-order valence-corrected chi connectivity index (χ1v) is 10.5. The molecule has 0 radical (unpaired) electrons. The van der Waals surface area contributed by atoms with Gasteiger partial charge in [-0.3, -0.25) is 9.48 Å². The summed E-state index contributed by atoms with van der Waals surface area (Å²) in [5, 5.41) is 7.40. The number of nitrogens with zero attached hydrogens (tertiary/aromatic N) is 6. The number of amides is 1. The number of rotatable bonds is 5. The monoisotopic (exact) mass is 417 g/mol. The Morgan fingerprint density at radius 1 is 1.16 bits per heavy atom. The van der Waals surface area contributed by atoms with E-state index in [9.17, 15) is 4.79 Å². The van der Waals surface area contributed by atoms with Crippen LogP contribution in [0, 0.1) is 13.8 Å². The number of anilines is 2. The van der Waals surface area contributed by atoms with Crippen molar-refractivity contribution in [2.24, 2.45) is 7.05 Å². The summed E-state index contributed by atoms with van der Waals surface area (Å²) in [6.07, 6.45) is 7.09. The van der Waals surface area contributed by atoms with E-state index in [0.717, 1.165) is 48.1 Å². The van der Waals surface area contributed by atoms with Gasteiger partial charge in [-0.15, -0.1) is 0 Å². The van der Waals surface area contributed by atoms with Crippen LogP contribution in [0.2, 0.25) is 0 Å². The molecule has 160 valence electrons. The molecule has 1 aliphatic rings. The topological polar surface area (TPSA) is 88.8 Å². The standard InChI is InChI=1S/C23H27N7O/c1-16-6-4-8-21(25-16)28-22-14-20(26-17(2)27-22)18-7-5-13-30(15-18)23(31)10-9-19-11-12-24-29(19)3/h4,6,8-12,14,18H,5,7,13,15H2,1-3H3,(H,25,26,27,28). The zero-order valence-corrected chi connectivity index (χ0v) is 18.1. The van der Waals surface area contributed by atoms with E-state index in [1.54, 1.807) is 17.0 Å². The first-order valence-electron chi connectivity index (χ1n) is 10.5. The Hall–Kier alpha value is -3.55. The Bertz CT molecular complexity index is 1100. The minimum atomic E-state index is 0.0130. The van der Waals surface area contributed by atoms with Crippen LogP contribution in [0.25, 0.3) is 6.08 Å². The Labute approximate surface area is 182 Å². The number of hydrogen-bond acceptors (Lipinski definition) is 6. The van der Waals surface area contributed by atoms with Crippen molar-refractivity contribution in [3.63, 3.8) is 0 Å². The quantitative estimate of drug-likeness (QED) is 0.640. The predicted octanol–water partition coefficient (Wildman–Crippen LogP) is 3.38. The zero-order chi connectivity index (χ0) is 21.8. The minimum absolute atomic E-state index is 0.0130. The fourth-order valence-electron chi connectivity index (χ4n) is 3.84. The van der Waals surface area contributed by atoms with Crippen LogP contribution in [0.4, 0.5) is 11.6 Å². The van der Waals surface area contributed by atoms with E-state index in [0.29, 0.717) is 12.4 Å². The highest BCUT2D eigenvalue weighted by Gasteiger charge is 2.25. The van der Waals surface area contributed by atoms with E-state index < -0.39 is 0 Å². The second-order valence-corrected chi connectivity index (χ2v) is 7.85. The Morgan fingerprint density at radius 3 is 2.81 bits per heavy atom. The molecule has 4 heterocycles. The lowest BCUT2D eigenvalue weighted by Crippen LogP contribution is -2.38. The van der Waals surface area contributed by atoms with Gasteiger partial charge in [0.2, 0.25) is 5.91 Å². The molecule has 0 aliphatic carbocycles. The molecule has 1 amide bonds. The zero-order valence-electron chi connectivity index (χ0n) is 18.1. The van der Waals surface area contributed by atoms with Gasteiger partial charge in [0, 0.05) is 50.1 Å². The van der Waals surface area contributed by atoms with Gasteiger partial charge < -0.3 is 10.2 Å². The van der Waals surface area contributed by atoms with Gasteiger partial charge in [-0.1, -0.05) is 6.07 Å². The fourth-order valence-corrected chi connectivity index (χ4v) is 3.84. The number of hydrogen-bond donors (Lipinski definition) is 1. The molecule has 8 heteroatoms. The number of piperidine rings is 1. The third-order valence-electron chi connectivity index (χ3n) is 5.41. The van der Waals surface area contributed by atoms with E-state index in [-0.39, 0.29) is 11.8 Å². The SMILES string of the molecule is Cc1cccc(Nc2cc(C3CCCN(C(=O)C=Cc4ccnn4C)C3)nc(C)n2)n1. The molecule has 1 aliphatic heterocycles. The maximum absolute atomic E-state index is 12.7. The third kappa shape index (κ3) is 5.14. The van der Waals surface area contributed by atoms with Crippen LogP contribution in [0.1, 0.15) is 41.7 Å². The number of aromatic nitrogens is 5. The van der Waals surface area contributed by atoms with E-state index in [1.165, 1.54) is 0 Å². The number of pyridine rings is 1. The summed E-state index contributed by atoms with van der Waals surface area (Å²) in [5.41, 5.74) is 2.79. The third-order valence-corrected chi connectivity index (χ3v) is 5.41. The molecule has 1 atom stereocenters. The van der Waals surface area contributed by atoms with Crippen molar-refractivity contribution >= 4 is 23.6 Å². The Morgan fingerprint density at radius 2 is 2.03 bits per heavy atom. The molecule has 8 nitrogen and oxygen atoms in total. The highest BCUT2D eigenvalue weighted by Crippen LogP contribution is 2.28. The van der Waals surface area contributed by atoms with Crippen molar-refractivity contribution < 1.29 is 4.79 Å². The first-order chi connectivity index (χ1) is 15.0. The summed E-state index contributed by atoms with van der Waals surface area (Å²) in [6.45, 7) is 5.25. The maximum Gasteiger partial charge on any atom is 0.246 e. The molecular weight excluding hydrogens is 390 g/mol. The van der Waals surface area contributed by atoms with E-state index in [4.69, 9.17) is 0 Å². The highest BCUT2D eigenvalue weighted by molar-refractivity contribution is 5.91. The maximum atomic E-state index is 12.7. The molecule has 0 saturated carbocycles. The van der Waals surface area contributed by atoms with Gasteiger partial charge in [0.05, 0.1) is 11.4 Å². The number of carbonyl (C=O) groups excluding carboxylic acids is 1. The van der Waals surface area contributed by atoms with Gasteiger partial charge in [-0.2, -0.15) is 5.10 Å². The Balaban J connectivity index is 1.47. The van der Waals surface area contributed by atoms with Gasteiger partial charge in [0.15, 0.2) is 0 Å². The second-order valence-electron chi connectivity index (χ2n) is 7.85. The first kappa shape index (κ1) is 20.7. The van der Waals surface area contributed by atoms with Crippen LogP contribution >= 0.6 is 0 Å². The van der Waals surface area contributed by atoms with Crippen molar-refractivity contribution in [2.45, 2.75) is 32.6 Å². The normalized spacial score (nSPS) is 16.6. The number of likely N-dealkylation sites (tertiary alicyclic amines) is 1. The van der Waals surface area contributed by atoms with Crippen LogP contribution < -0.4 is 5.32 Å². The molecule has 0 aromatic carbocycles. The van der Waals surface area contributed by atoms with E-state index in [2.05, 4.69) is 25.4 Å². The largest absolute Gasteiger partial charge is 0.338 e. The summed E-state index contributed by atoms with van der Waals surface area (Å²) in [5.74, 6) is 2.37. The molecule has 3 aromatic heterocycles.